The molecule has 0 aliphatic rings. The average Bonchev–Trinajstić information content (AvgIpc) is 2.38. The van der Waals surface area contributed by atoms with Crippen LogP contribution in [0, 0.1) is 12.8 Å². The van der Waals surface area contributed by atoms with Crippen LogP contribution in [-0.2, 0) is 10.0 Å². The van der Waals surface area contributed by atoms with Crippen molar-refractivity contribution in [2.24, 2.45) is 5.92 Å². The molecule has 0 aliphatic heterocycles. The highest BCUT2D eigenvalue weighted by Crippen LogP contribution is 2.26. The molecule has 0 aromatic heterocycles. The number of rotatable bonds is 7. The van der Waals surface area contributed by atoms with Gasteiger partial charge in [-0.05, 0) is 43.4 Å². The molecule has 0 saturated heterocycles. The number of aryl methyl sites for hydroxylation is 1. The molecule has 1 atom stereocenters. The van der Waals surface area contributed by atoms with Gasteiger partial charge in [0, 0.05) is 18.8 Å². The van der Waals surface area contributed by atoms with E-state index >= 15 is 0 Å². The maximum atomic E-state index is 12.1. The van der Waals surface area contributed by atoms with Crippen LogP contribution in [0.2, 0.25) is 5.02 Å². The molecule has 20 heavy (non-hydrogen) atoms. The fourth-order valence-electron chi connectivity index (χ4n) is 1.70. The van der Waals surface area contributed by atoms with Crippen LogP contribution in [0.4, 0.5) is 5.69 Å². The molecule has 0 bridgehead atoms. The number of nitrogens with one attached hydrogen (secondary N) is 1. The van der Waals surface area contributed by atoms with E-state index in [4.69, 9.17) is 22.4 Å². The number of sulfonamides is 1. The molecule has 0 saturated carbocycles. The van der Waals surface area contributed by atoms with Crippen molar-refractivity contribution in [3.63, 3.8) is 0 Å². The third-order valence-electron chi connectivity index (χ3n) is 3.09. The van der Waals surface area contributed by atoms with Crippen LogP contribution < -0.4 is 10.5 Å². The highest BCUT2D eigenvalue weighted by molar-refractivity contribution is 7.89. The summed E-state index contributed by atoms with van der Waals surface area (Å²) in [5.41, 5.74) is 6.85. The van der Waals surface area contributed by atoms with Crippen molar-refractivity contribution in [3.8, 4) is 0 Å². The Kier molecular flexibility index (Phi) is 6.26. The van der Waals surface area contributed by atoms with Gasteiger partial charge in [-0.15, -0.1) is 0 Å². The monoisotopic (exact) mass is 320 g/mol. The van der Waals surface area contributed by atoms with Crippen LogP contribution in [0.5, 0.6) is 0 Å². The van der Waals surface area contributed by atoms with Gasteiger partial charge in [0.1, 0.15) is 4.90 Å². The summed E-state index contributed by atoms with van der Waals surface area (Å²) in [6.45, 7) is 4.08. The standard InChI is InChI=1S/C13H21ClN2O3S/c1-9(8-17)4-3-5-16-20(18,19)13-7-12(15)10(2)6-11(13)14/h6-7,9,16-17H,3-5,8,15H2,1-2H3. The normalized spacial score (nSPS) is 13.4. The van der Waals surface area contributed by atoms with Gasteiger partial charge in [0.25, 0.3) is 0 Å². The maximum Gasteiger partial charge on any atom is 0.242 e. The number of hydrogen-bond donors (Lipinski definition) is 3. The van der Waals surface area contributed by atoms with Gasteiger partial charge in [-0.1, -0.05) is 18.5 Å². The smallest absolute Gasteiger partial charge is 0.242 e. The van der Waals surface area contributed by atoms with E-state index in [2.05, 4.69) is 4.72 Å². The minimum atomic E-state index is -3.66. The molecule has 0 heterocycles. The van der Waals surface area contributed by atoms with Crippen molar-refractivity contribution >= 4 is 27.3 Å². The first-order chi connectivity index (χ1) is 9.27. The van der Waals surface area contributed by atoms with E-state index in [0.717, 1.165) is 12.0 Å². The Hall–Kier alpha value is -0.820. The largest absolute Gasteiger partial charge is 0.398 e. The molecule has 0 amide bonds. The summed E-state index contributed by atoms with van der Waals surface area (Å²) < 4.78 is 26.8. The van der Waals surface area contributed by atoms with E-state index in [9.17, 15) is 8.42 Å². The van der Waals surface area contributed by atoms with E-state index < -0.39 is 10.0 Å². The number of aliphatic hydroxyl groups excluding tert-OH is 1. The fourth-order valence-corrected chi connectivity index (χ4v) is 3.39. The van der Waals surface area contributed by atoms with Crippen LogP contribution in [-0.4, -0.2) is 26.7 Å². The number of anilines is 1. The summed E-state index contributed by atoms with van der Waals surface area (Å²) in [6, 6.07) is 2.91. The van der Waals surface area contributed by atoms with Gasteiger partial charge in [0.15, 0.2) is 0 Å². The lowest BCUT2D eigenvalue weighted by Crippen LogP contribution is -2.25. The van der Waals surface area contributed by atoms with Crippen molar-refractivity contribution in [3.05, 3.63) is 22.7 Å². The van der Waals surface area contributed by atoms with Gasteiger partial charge < -0.3 is 10.8 Å². The summed E-state index contributed by atoms with van der Waals surface area (Å²) in [6.07, 6.45) is 1.41. The second-order valence-electron chi connectivity index (χ2n) is 4.97. The summed E-state index contributed by atoms with van der Waals surface area (Å²) in [7, 11) is -3.66. The molecular formula is C13H21ClN2O3S. The highest BCUT2D eigenvalue weighted by atomic mass is 35.5. The Balaban J connectivity index is 2.72. The Labute approximate surface area is 125 Å². The van der Waals surface area contributed by atoms with E-state index in [0.29, 0.717) is 18.7 Å². The Morgan fingerprint density at radius 1 is 1.45 bits per heavy atom. The van der Waals surface area contributed by atoms with Crippen molar-refractivity contribution in [1.82, 2.24) is 4.72 Å². The van der Waals surface area contributed by atoms with E-state index in [-0.39, 0.29) is 22.4 Å². The fraction of sp³-hybridized carbons (Fsp3) is 0.538. The number of aliphatic hydroxyl groups is 1. The summed E-state index contributed by atoms with van der Waals surface area (Å²) in [4.78, 5) is -0.00234. The first kappa shape index (κ1) is 17.2. The van der Waals surface area contributed by atoms with Crippen molar-refractivity contribution in [2.45, 2.75) is 31.6 Å². The molecule has 0 fully saturated rings. The third kappa shape index (κ3) is 4.63. The third-order valence-corrected chi connectivity index (χ3v) is 5.01. The summed E-state index contributed by atoms with van der Waals surface area (Å²) >= 11 is 5.96. The van der Waals surface area contributed by atoms with Gasteiger partial charge in [0.05, 0.1) is 5.02 Å². The molecule has 1 aromatic carbocycles. The molecule has 114 valence electrons. The lowest BCUT2D eigenvalue weighted by atomic mass is 10.1. The Bertz CT molecular complexity index is 561. The first-order valence-electron chi connectivity index (χ1n) is 6.44. The summed E-state index contributed by atoms with van der Waals surface area (Å²) in [5, 5.41) is 9.06. The van der Waals surface area contributed by atoms with Crippen molar-refractivity contribution in [2.75, 3.05) is 18.9 Å². The minimum Gasteiger partial charge on any atom is -0.398 e. The molecule has 1 unspecified atom stereocenters. The van der Waals surface area contributed by atoms with Crippen molar-refractivity contribution in [1.29, 1.82) is 0 Å². The second kappa shape index (κ2) is 7.26. The number of nitrogen functional groups attached to an aromatic ring is 1. The highest BCUT2D eigenvalue weighted by Gasteiger charge is 2.18. The molecule has 1 rings (SSSR count). The topological polar surface area (TPSA) is 92.4 Å². The zero-order chi connectivity index (χ0) is 15.3. The Morgan fingerprint density at radius 2 is 2.10 bits per heavy atom. The minimum absolute atomic E-state index is 0.00234. The molecule has 1 aromatic rings. The molecule has 0 radical (unpaired) electrons. The molecule has 0 aliphatic carbocycles. The van der Waals surface area contributed by atoms with Gasteiger partial charge >= 0.3 is 0 Å². The van der Waals surface area contributed by atoms with Gasteiger partial charge in [0.2, 0.25) is 10.0 Å². The average molecular weight is 321 g/mol. The van der Waals surface area contributed by atoms with Gasteiger partial charge in [-0.2, -0.15) is 0 Å². The molecular weight excluding hydrogens is 300 g/mol. The van der Waals surface area contributed by atoms with Crippen LogP contribution in [0.25, 0.3) is 0 Å². The number of benzene rings is 1. The lowest BCUT2D eigenvalue weighted by molar-refractivity contribution is 0.228. The molecule has 0 spiro atoms. The lowest BCUT2D eigenvalue weighted by Gasteiger charge is -2.11. The maximum absolute atomic E-state index is 12.1. The van der Waals surface area contributed by atoms with Gasteiger partial charge in [-0.3, -0.25) is 0 Å². The van der Waals surface area contributed by atoms with Gasteiger partial charge in [-0.25, -0.2) is 13.1 Å². The first-order valence-corrected chi connectivity index (χ1v) is 8.30. The predicted molar refractivity (Wildman–Crippen MR) is 81.3 cm³/mol. The van der Waals surface area contributed by atoms with E-state index in [1.807, 2.05) is 6.92 Å². The molecule has 5 nitrogen and oxygen atoms in total. The molecule has 4 N–H and O–H groups in total. The molecule has 7 heteroatoms. The number of nitrogens with two attached hydrogens (primary N) is 1. The van der Waals surface area contributed by atoms with Crippen LogP contribution in [0.1, 0.15) is 25.3 Å². The number of hydrogen-bond acceptors (Lipinski definition) is 4. The van der Waals surface area contributed by atoms with Crippen LogP contribution in [0.3, 0.4) is 0 Å². The Morgan fingerprint density at radius 3 is 2.70 bits per heavy atom. The zero-order valence-corrected chi connectivity index (χ0v) is 13.3. The van der Waals surface area contributed by atoms with Crippen LogP contribution in [0.15, 0.2) is 17.0 Å². The second-order valence-corrected chi connectivity index (χ2v) is 7.11. The predicted octanol–water partition coefficient (Wildman–Crippen LogP) is 1.92. The summed E-state index contributed by atoms with van der Waals surface area (Å²) in [5.74, 6) is 0.165. The van der Waals surface area contributed by atoms with Crippen molar-refractivity contribution < 1.29 is 13.5 Å². The SMILES string of the molecule is Cc1cc(Cl)c(S(=O)(=O)NCCCC(C)CO)cc1N. The van der Waals surface area contributed by atoms with E-state index in [1.54, 1.807) is 13.0 Å². The quantitative estimate of drug-likeness (QED) is 0.528. The zero-order valence-electron chi connectivity index (χ0n) is 11.7. The van der Waals surface area contributed by atoms with Crippen LogP contribution >= 0.6 is 11.6 Å². The van der Waals surface area contributed by atoms with E-state index in [1.165, 1.54) is 6.07 Å². The number of halogens is 1.